The van der Waals surface area contributed by atoms with Gasteiger partial charge in [0.15, 0.2) is 11.6 Å². The van der Waals surface area contributed by atoms with E-state index >= 15 is 0 Å². The Labute approximate surface area is 108 Å². The van der Waals surface area contributed by atoms with E-state index in [-0.39, 0.29) is 5.82 Å². The minimum absolute atomic E-state index is 0.197. The first-order valence-corrected chi connectivity index (χ1v) is 5.91. The van der Waals surface area contributed by atoms with Gasteiger partial charge in [-0.25, -0.2) is 0 Å². The van der Waals surface area contributed by atoms with Crippen molar-refractivity contribution < 1.29 is 4.52 Å². The smallest absolute Gasteiger partial charge is 0.187 e. The second-order valence-corrected chi connectivity index (χ2v) is 5.08. The number of aromatic nitrogens is 1. The van der Waals surface area contributed by atoms with Gasteiger partial charge in [0.25, 0.3) is 0 Å². The fraction of sp³-hybridized carbons (Fsp3) is 0. The molecule has 0 unspecified atom stereocenters. The average molecular weight is 352 g/mol. The molecule has 0 amide bonds. The number of nitrogen functional groups attached to an aromatic ring is 1. The van der Waals surface area contributed by atoms with Crippen LogP contribution >= 0.6 is 43.5 Å². The van der Waals surface area contributed by atoms with Crippen molar-refractivity contribution >= 4 is 49.3 Å². The molecule has 0 aliphatic heterocycles. The van der Waals surface area contributed by atoms with Crippen LogP contribution in [0.1, 0.15) is 0 Å². The van der Waals surface area contributed by atoms with Crippen molar-refractivity contribution in [1.29, 1.82) is 0 Å². The third-order valence-corrected chi connectivity index (χ3v) is 3.07. The van der Waals surface area contributed by atoms with Gasteiger partial charge in [-0.2, -0.15) is 0 Å². The van der Waals surface area contributed by atoms with Gasteiger partial charge < -0.3 is 10.3 Å². The third kappa shape index (κ3) is 2.19. The maximum absolute atomic E-state index is 5.94. The second kappa shape index (κ2) is 4.15. The Kier molecular flexibility index (Phi) is 3.04. The number of hydrogen-bond acceptors (Lipinski definition) is 3. The Morgan fingerprint density at radius 3 is 2.27 bits per heavy atom. The quantitative estimate of drug-likeness (QED) is 0.841. The lowest BCUT2D eigenvalue weighted by Crippen LogP contribution is -1.83. The van der Waals surface area contributed by atoms with Gasteiger partial charge in [-0.05, 0) is 18.2 Å². The number of nitrogens with zero attached hydrogens (tertiary/aromatic N) is 1. The van der Waals surface area contributed by atoms with Crippen molar-refractivity contribution in [2.24, 2.45) is 0 Å². The van der Waals surface area contributed by atoms with E-state index in [0.717, 1.165) is 14.5 Å². The fourth-order valence-electron chi connectivity index (χ4n) is 1.16. The van der Waals surface area contributed by atoms with Crippen LogP contribution in [-0.4, -0.2) is 5.16 Å². The molecule has 15 heavy (non-hydrogen) atoms. The highest BCUT2D eigenvalue weighted by Gasteiger charge is 2.14. The molecule has 6 heteroatoms. The van der Waals surface area contributed by atoms with Crippen LogP contribution < -0.4 is 5.73 Å². The van der Waals surface area contributed by atoms with Crippen molar-refractivity contribution in [2.45, 2.75) is 0 Å². The number of anilines is 1. The van der Waals surface area contributed by atoms with Crippen molar-refractivity contribution in [3.8, 4) is 11.3 Å². The summed E-state index contributed by atoms with van der Waals surface area (Å²) in [6.07, 6.45) is 0. The first kappa shape index (κ1) is 11.0. The molecule has 1 aromatic carbocycles. The summed E-state index contributed by atoms with van der Waals surface area (Å²) in [7, 11) is 0. The van der Waals surface area contributed by atoms with Gasteiger partial charge in [0.1, 0.15) is 5.02 Å². The molecule has 0 radical (unpaired) electrons. The van der Waals surface area contributed by atoms with Gasteiger partial charge in [-0.15, -0.1) is 0 Å². The van der Waals surface area contributed by atoms with Gasteiger partial charge in [0.05, 0.1) is 0 Å². The van der Waals surface area contributed by atoms with E-state index in [1.54, 1.807) is 0 Å². The SMILES string of the molecule is Nc1noc(-c2cc(Br)cc(Br)c2)c1Cl. The fourth-order valence-corrected chi connectivity index (χ4v) is 2.63. The van der Waals surface area contributed by atoms with Crippen LogP contribution in [-0.2, 0) is 0 Å². The van der Waals surface area contributed by atoms with E-state index in [9.17, 15) is 0 Å². The van der Waals surface area contributed by atoms with E-state index < -0.39 is 0 Å². The molecule has 0 spiro atoms. The number of halogens is 3. The van der Waals surface area contributed by atoms with Gasteiger partial charge in [-0.1, -0.05) is 48.6 Å². The number of rotatable bonds is 1. The topological polar surface area (TPSA) is 52.0 Å². The van der Waals surface area contributed by atoms with Crippen molar-refractivity contribution in [3.63, 3.8) is 0 Å². The summed E-state index contributed by atoms with van der Waals surface area (Å²) >= 11 is 12.7. The van der Waals surface area contributed by atoms with Crippen LogP contribution in [0.15, 0.2) is 31.7 Å². The number of nitrogens with two attached hydrogens (primary N) is 1. The van der Waals surface area contributed by atoms with E-state index in [1.165, 1.54) is 0 Å². The average Bonchev–Trinajstić information content (AvgIpc) is 2.46. The third-order valence-electron chi connectivity index (χ3n) is 1.78. The minimum Gasteiger partial charge on any atom is -0.380 e. The molecular weight excluding hydrogens is 347 g/mol. The summed E-state index contributed by atoms with van der Waals surface area (Å²) in [5, 5.41) is 3.93. The Morgan fingerprint density at radius 2 is 1.80 bits per heavy atom. The molecule has 0 fully saturated rings. The van der Waals surface area contributed by atoms with Gasteiger partial charge in [-0.3, -0.25) is 0 Å². The molecule has 2 N–H and O–H groups in total. The molecule has 0 bridgehead atoms. The Hall–Kier alpha value is -0.520. The summed E-state index contributed by atoms with van der Waals surface area (Å²) in [4.78, 5) is 0. The van der Waals surface area contributed by atoms with Crippen LogP contribution in [0.3, 0.4) is 0 Å². The zero-order valence-electron chi connectivity index (χ0n) is 7.30. The van der Waals surface area contributed by atoms with E-state index in [4.69, 9.17) is 21.9 Å². The predicted octanol–water partition coefficient (Wildman–Crippen LogP) is 4.10. The van der Waals surface area contributed by atoms with Crippen LogP contribution in [0, 0.1) is 0 Å². The molecule has 0 atom stereocenters. The largest absolute Gasteiger partial charge is 0.380 e. The van der Waals surface area contributed by atoms with Crippen LogP contribution in [0.4, 0.5) is 5.82 Å². The first-order chi connectivity index (χ1) is 7.08. The molecular formula is C9H5Br2ClN2O. The van der Waals surface area contributed by atoms with Crippen LogP contribution in [0.25, 0.3) is 11.3 Å². The highest BCUT2D eigenvalue weighted by molar-refractivity contribution is 9.11. The molecule has 1 heterocycles. The van der Waals surface area contributed by atoms with Gasteiger partial charge in [0, 0.05) is 14.5 Å². The Morgan fingerprint density at radius 1 is 1.20 bits per heavy atom. The maximum Gasteiger partial charge on any atom is 0.187 e. The molecule has 2 aromatic rings. The second-order valence-electron chi connectivity index (χ2n) is 2.87. The molecule has 3 nitrogen and oxygen atoms in total. The van der Waals surface area contributed by atoms with Gasteiger partial charge in [0.2, 0.25) is 0 Å². The first-order valence-electron chi connectivity index (χ1n) is 3.95. The standard InChI is InChI=1S/C9H5Br2ClN2O/c10-5-1-4(2-6(11)3-5)8-7(12)9(13)14-15-8/h1-3H,(H2,13,14). The monoisotopic (exact) mass is 350 g/mol. The molecule has 0 saturated carbocycles. The predicted molar refractivity (Wildman–Crippen MR) is 66.8 cm³/mol. The van der Waals surface area contributed by atoms with E-state index in [1.807, 2.05) is 18.2 Å². The van der Waals surface area contributed by atoms with E-state index in [2.05, 4.69) is 37.0 Å². The summed E-state index contributed by atoms with van der Waals surface area (Å²) < 4.78 is 6.87. The molecule has 0 aliphatic rings. The molecule has 1 aromatic heterocycles. The Balaban J connectivity index is 2.58. The molecule has 0 saturated heterocycles. The lowest BCUT2D eigenvalue weighted by molar-refractivity contribution is 0.436. The summed E-state index contributed by atoms with van der Waals surface area (Å²) in [6, 6.07) is 5.66. The van der Waals surface area contributed by atoms with Crippen molar-refractivity contribution in [3.05, 3.63) is 32.2 Å². The normalized spacial score (nSPS) is 10.6. The minimum atomic E-state index is 0.197. The molecule has 78 valence electrons. The van der Waals surface area contributed by atoms with Gasteiger partial charge >= 0.3 is 0 Å². The lowest BCUT2D eigenvalue weighted by atomic mass is 10.2. The van der Waals surface area contributed by atoms with Crippen LogP contribution in [0.2, 0.25) is 5.02 Å². The highest BCUT2D eigenvalue weighted by atomic mass is 79.9. The number of benzene rings is 1. The van der Waals surface area contributed by atoms with Crippen molar-refractivity contribution in [1.82, 2.24) is 5.16 Å². The summed E-state index contributed by atoms with van der Waals surface area (Å²) in [6.45, 7) is 0. The molecule has 0 aliphatic carbocycles. The van der Waals surface area contributed by atoms with E-state index in [0.29, 0.717) is 10.8 Å². The van der Waals surface area contributed by atoms with Crippen molar-refractivity contribution in [2.75, 3.05) is 5.73 Å². The summed E-state index contributed by atoms with van der Waals surface area (Å²) in [5.41, 5.74) is 6.30. The van der Waals surface area contributed by atoms with Crippen LogP contribution in [0.5, 0.6) is 0 Å². The zero-order valence-corrected chi connectivity index (χ0v) is 11.2. The summed E-state index contributed by atoms with van der Waals surface area (Å²) in [5.74, 6) is 0.666. The number of hydrogen-bond donors (Lipinski definition) is 1. The Bertz CT molecular complexity index is 493. The highest BCUT2D eigenvalue weighted by Crippen LogP contribution is 2.34. The zero-order chi connectivity index (χ0) is 11.0. The lowest BCUT2D eigenvalue weighted by Gasteiger charge is -1.99. The molecule has 2 rings (SSSR count). The maximum atomic E-state index is 5.94.